The molecular formula is C17H28N2O2. The Labute approximate surface area is 128 Å². The Kier molecular flexibility index (Phi) is 6.49. The predicted molar refractivity (Wildman–Crippen MR) is 85.8 cm³/mol. The fourth-order valence-electron chi connectivity index (χ4n) is 2.85. The quantitative estimate of drug-likeness (QED) is 0.767. The van der Waals surface area contributed by atoms with Gasteiger partial charge in [0.2, 0.25) is 0 Å². The SMILES string of the molecule is CCN1CCC[C@@H]1CNC[C@H](O)COc1ccc(C)cc1. The molecule has 0 aromatic heterocycles. The van der Waals surface area contributed by atoms with E-state index in [0.29, 0.717) is 19.2 Å². The van der Waals surface area contributed by atoms with E-state index in [1.165, 1.54) is 24.9 Å². The summed E-state index contributed by atoms with van der Waals surface area (Å²) in [6.07, 6.45) is 2.08. The second-order valence-corrected chi connectivity index (χ2v) is 5.86. The Morgan fingerprint density at radius 2 is 2.14 bits per heavy atom. The van der Waals surface area contributed by atoms with Crippen molar-refractivity contribution < 1.29 is 9.84 Å². The first kappa shape index (κ1) is 16.3. The molecular weight excluding hydrogens is 264 g/mol. The van der Waals surface area contributed by atoms with Crippen molar-refractivity contribution in [2.75, 3.05) is 32.8 Å². The number of hydrogen-bond donors (Lipinski definition) is 2. The van der Waals surface area contributed by atoms with Gasteiger partial charge in [0.1, 0.15) is 18.5 Å². The highest BCUT2D eigenvalue weighted by atomic mass is 16.5. The smallest absolute Gasteiger partial charge is 0.119 e. The lowest BCUT2D eigenvalue weighted by Gasteiger charge is -2.23. The van der Waals surface area contributed by atoms with Crippen LogP contribution in [0.25, 0.3) is 0 Å². The maximum atomic E-state index is 9.96. The Morgan fingerprint density at radius 3 is 2.86 bits per heavy atom. The van der Waals surface area contributed by atoms with Gasteiger partial charge in [0.05, 0.1) is 0 Å². The van der Waals surface area contributed by atoms with Gasteiger partial charge >= 0.3 is 0 Å². The molecule has 1 saturated heterocycles. The van der Waals surface area contributed by atoms with E-state index in [2.05, 4.69) is 17.1 Å². The topological polar surface area (TPSA) is 44.7 Å². The second-order valence-electron chi connectivity index (χ2n) is 5.86. The molecule has 0 spiro atoms. The first-order valence-corrected chi connectivity index (χ1v) is 8.01. The number of likely N-dealkylation sites (tertiary alicyclic amines) is 1. The van der Waals surface area contributed by atoms with Gasteiger partial charge in [-0.3, -0.25) is 4.90 Å². The van der Waals surface area contributed by atoms with Crippen LogP contribution in [0.4, 0.5) is 0 Å². The zero-order valence-corrected chi connectivity index (χ0v) is 13.2. The van der Waals surface area contributed by atoms with Gasteiger partial charge in [-0.15, -0.1) is 0 Å². The summed E-state index contributed by atoms with van der Waals surface area (Å²) < 4.78 is 5.59. The molecule has 0 saturated carbocycles. The number of ether oxygens (including phenoxy) is 1. The lowest BCUT2D eigenvalue weighted by molar-refractivity contribution is 0.104. The second kappa shape index (κ2) is 8.37. The van der Waals surface area contributed by atoms with Gasteiger partial charge in [0, 0.05) is 19.1 Å². The number of nitrogens with one attached hydrogen (secondary N) is 1. The van der Waals surface area contributed by atoms with Gasteiger partial charge in [0.25, 0.3) is 0 Å². The predicted octanol–water partition coefficient (Wildman–Crippen LogP) is 1.81. The molecule has 4 nitrogen and oxygen atoms in total. The van der Waals surface area contributed by atoms with Gasteiger partial charge in [-0.1, -0.05) is 24.6 Å². The fraction of sp³-hybridized carbons (Fsp3) is 0.647. The van der Waals surface area contributed by atoms with Crippen LogP contribution in [0.2, 0.25) is 0 Å². The summed E-state index contributed by atoms with van der Waals surface area (Å²) >= 11 is 0. The van der Waals surface area contributed by atoms with Crippen molar-refractivity contribution in [1.29, 1.82) is 0 Å². The van der Waals surface area contributed by atoms with Crippen LogP contribution in [-0.2, 0) is 0 Å². The maximum absolute atomic E-state index is 9.96. The average molecular weight is 292 g/mol. The highest BCUT2D eigenvalue weighted by Gasteiger charge is 2.22. The molecule has 1 aliphatic heterocycles. The minimum Gasteiger partial charge on any atom is -0.491 e. The van der Waals surface area contributed by atoms with Crippen molar-refractivity contribution in [2.24, 2.45) is 0 Å². The van der Waals surface area contributed by atoms with Crippen LogP contribution in [0.5, 0.6) is 5.75 Å². The molecule has 21 heavy (non-hydrogen) atoms. The summed E-state index contributed by atoms with van der Waals surface area (Å²) in [5.41, 5.74) is 1.21. The van der Waals surface area contributed by atoms with Crippen LogP contribution in [0, 0.1) is 6.92 Å². The van der Waals surface area contributed by atoms with Crippen molar-refractivity contribution in [3.8, 4) is 5.75 Å². The molecule has 118 valence electrons. The van der Waals surface area contributed by atoms with Crippen LogP contribution in [0.1, 0.15) is 25.3 Å². The number of hydrogen-bond acceptors (Lipinski definition) is 4. The average Bonchev–Trinajstić information content (AvgIpc) is 2.94. The van der Waals surface area contributed by atoms with Gasteiger partial charge in [0.15, 0.2) is 0 Å². The monoisotopic (exact) mass is 292 g/mol. The van der Waals surface area contributed by atoms with Crippen molar-refractivity contribution in [3.63, 3.8) is 0 Å². The van der Waals surface area contributed by atoms with Crippen molar-refractivity contribution in [1.82, 2.24) is 10.2 Å². The zero-order chi connectivity index (χ0) is 15.1. The number of nitrogens with zero attached hydrogens (tertiary/aromatic N) is 1. The van der Waals surface area contributed by atoms with Gasteiger partial charge in [-0.2, -0.15) is 0 Å². The number of aryl methyl sites for hydroxylation is 1. The van der Waals surface area contributed by atoms with E-state index in [-0.39, 0.29) is 0 Å². The normalized spacial score (nSPS) is 20.6. The Morgan fingerprint density at radius 1 is 1.38 bits per heavy atom. The number of likely N-dealkylation sites (N-methyl/N-ethyl adjacent to an activating group) is 1. The summed E-state index contributed by atoms with van der Waals surface area (Å²) in [6, 6.07) is 8.53. The summed E-state index contributed by atoms with van der Waals surface area (Å²) in [5.74, 6) is 0.813. The molecule has 1 aromatic rings. The molecule has 0 bridgehead atoms. The van der Waals surface area contributed by atoms with E-state index in [4.69, 9.17) is 4.74 Å². The Hall–Kier alpha value is -1.10. The summed E-state index contributed by atoms with van der Waals surface area (Å²) in [7, 11) is 0. The largest absolute Gasteiger partial charge is 0.491 e. The highest BCUT2D eigenvalue weighted by Crippen LogP contribution is 2.15. The van der Waals surface area contributed by atoms with Crippen LogP contribution < -0.4 is 10.1 Å². The number of aliphatic hydroxyl groups is 1. The molecule has 2 N–H and O–H groups in total. The van der Waals surface area contributed by atoms with Crippen molar-refractivity contribution in [2.45, 2.75) is 38.8 Å². The molecule has 2 rings (SSSR count). The summed E-state index contributed by atoms with van der Waals surface area (Å²) in [6.45, 7) is 8.45. The van der Waals surface area contributed by atoms with Crippen LogP contribution >= 0.6 is 0 Å². The molecule has 1 fully saturated rings. The molecule has 0 aliphatic carbocycles. The van der Waals surface area contributed by atoms with Crippen LogP contribution in [-0.4, -0.2) is 54.9 Å². The lowest BCUT2D eigenvalue weighted by atomic mass is 10.2. The number of rotatable bonds is 8. The van der Waals surface area contributed by atoms with E-state index < -0.39 is 6.10 Å². The Balaban J connectivity index is 1.61. The first-order chi connectivity index (χ1) is 10.2. The van der Waals surface area contributed by atoms with Gasteiger partial charge in [-0.25, -0.2) is 0 Å². The van der Waals surface area contributed by atoms with Gasteiger partial charge < -0.3 is 15.2 Å². The summed E-state index contributed by atoms with van der Waals surface area (Å²) in [4.78, 5) is 2.50. The third kappa shape index (κ3) is 5.30. The van der Waals surface area contributed by atoms with E-state index in [9.17, 15) is 5.11 Å². The zero-order valence-electron chi connectivity index (χ0n) is 13.2. The van der Waals surface area contributed by atoms with Crippen molar-refractivity contribution >= 4 is 0 Å². The fourth-order valence-corrected chi connectivity index (χ4v) is 2.85. The third-order valence-electron chi connectivity index (χ3n) is 4.13. The lowest BCUT2D eigenvalue weighted by Crippen LogP contribution is -2.41. The van der Waals surface area contributed by atoms with Crippen molar-refractivity contribution in [3.05, 3.63) is 29.8 Å². The molecule has 1 heterocycles. The van der Waals surface area contributed by atoms with E-state index in [1.807, 2.05) is 31.2 Å². The van der Waals surface area contributed by atoms with E-state index in [1.54, 1.807) is 0 Å². The molecule has 0 radical (unpaired) electrons. The van der Waals surface area contributed by atoms with Crippen LogP contribution in [0.15, 0.2) is 24.3 Å². The third-order valence-corrected chi connectivity index (χ3v) is 4.13. The minimum atomic E-state index is -0.470. The number of benzene rings is 1. The molecule has 2 atom stereocenters. The molecule has 4 heteroatoms. The molecule has 0 unspecified atom stereocenters. The highest BCUT2D eigenvalue weighted by molar-refractivity contribution is 5.26. The maximum Gasteiger partial charge on any atom is 0.119 e. The molecule has 1 aromatic carbocycles. The van der Waals surface area contributed by atoms with E-state index >= 15 is 0 Å². The van der Waals surface area contributed by atoms with Crippen LogP contribution in [0.3, 0.4) is 0 Å². The Bertz CT molecular complexity index is 408. The summed E-state index contributed by atoms with van der Waals surface area (Å²) in [5, 5.41) is 13.3. The van der Waals surface area contributed by atoms with E-state index in [0.717, 1.165) is 18.8 Å². The molecule has 0 amide bonds. The van der Waals surface area contributed by atoms with Gasteiger partial charge in [-0.05, 0) is 45.0 Å². The standard InChI is InChI=1S/C17H28N2O2/c1-3-19-10-4-5-15(19)11-18-12-16(20)13-21-17-8-6-14(2)7-9-17/h6-9,15-16,18,20H,3-5,10-13H2,1-2H3/t15-,16+/m1/s1. The first-order valence-electron chi connectivity index (χ1n) is 8.01. The molecule has 1 aliphatic rings. The number of aliphatic hydroxyl groups excluding tert-OH is 1. The minimum absolute atomic E-state index is 0.332.